The molecule has 0 unspecified atom stereocenters. The van der Waals surface area contributed by atoms with E-state index in [1.54, 1.807) is 6.20 Å². The van der Waals surface area contributed by atoms with Crippen LogP contribution in [0.5, 0.6) is 0 Å². The third kappa shape index (κ3) is 2.12. The molecule has 0 spiro atoms. The van der Waals surface area contributed by atoms with Crippen molar-refractivity contribution in [2.45, 2.75) is 13.0 Å². The van der Waals surface area contributed by atoms with Crippen LogP contribution >= 0.6 is 0 Å². The Hall–Kier alpha value is -1.22. The van der Waals surface area contributed by atoms with Gasteiger partial charge in [0.05, 0.1) is 6.54 Å². The molecule has 0 amide bonds. The predicted molar refractivity (Wildman–Crippen MR) is 49.1 cm³/mol. The largest absolute Gasteiger partial charge is 0.298 e. The molecule has 1 aromatic rings. The molecule has 0 saturated carbocycles. The number of aromatic nitrogens is 1. The number of ketones is 1. The minimum absolute atomic E-state index is 0.351. The Morgan fingerprint density at radius 3 is 3.08 bits per heavy atom. The van der Waals surface area contributed by atoms with Gasteiger partial charge in [0.1, 0.15) is 5.78 Å². The molecule has 0 atom stereocenters. The Kier molecular flexibility index (Phi) is 2.36. The standard InChI is InChI=1S/C10H12N2O/c13-10-3-5-12(8-10)7-9-2-1-4-11-6-9/h1-2,4,6H,3,5,7-8H2. The first-order valence-electron chi connectivity index (χ1n) is 4.47. The maximum Gasteiger partial charge on any atom is 0.148 e. The number of carbonyl (C=O) groups excluding carboxylic acids is 1. The summed E-state index contributed by atoms with van der Waals surface area (Å²) in [5.41, 5.74) is 1.18. The zero-order valence-electron chi connectivity index (χ0n) is 7.44. The molecule has 2 rings (SSSR count). The number of nitrogens with zero attached hydrogens (tertiary/aromatic N) is 2. The van der Waals surface area contributed by atoms with E-state index in [1.165, 1.54) is 5.56 Å². The number of hydrogen-bond donors (Lipinski definition) is 0. The van der Waals surface area contributed by atoms with Gasteiger partial charge in [0.25, 0.3) is 0 Å². The quantitative estimate of drug-likeness (QED) is 0.670. The third-order valence-corrected chi connectivity index (χ3v) is 2.24. The van der Waals surface area contributed by atoms with Gasteiger partial charge in [-0.05, 0) is 11.6 Å². The molecule has 0 radical (unpaired) electrons. The van der Waals surface area contributed by atoms with Crippen LogP contribution in [0.2, 0.25) is 0 Å². The van der Waals surface area contributed by atoms with E-state index < -0.39 is 0 Å². The normalized spacial score (nSPS) is 18.0. The van der Waals surface area contributed by atoms with Crippen molar-refractivity contribution in [2.24, 2.45) is 0 Å². The number of hydrogen-bond acceptors (Lipinski definition) is 3. The minimum Gasteiger partial charge on any atom is -0.298 e. The van der Waals surface area contributed by atoms with E-state index in [2.05, 4.69) is 9.88 Å². The van der Waals surface area contributed by atoms with Crippen molar-refractivity contribution in [1.29, 1.82) is 0 Å². The van der Waals surface area contributed by atoms with Crippen molar-refractivity contribution in [3.63, 3.8) is 0 Å². The van der Waals surface area contributed by atoms with Gasteiger partial charge in [0.15, 0.2) is 0 Å². The molecule has 1 aliphatic heterocycles. The molecule has 1 aliphatic rings. The SMILES string of the molecule is O=C1CCN(Cc2cccnc2)C1. The summed E-state index contributed by atoms with van der Waals surface area (Å²) in [5.74, 6) is 0.351. The van der Waals surface area contributed by atoms with Gasteiger partial charge < -0.3 is 0 Å². The van der Waals surface area contributed by atoms with Crippen LogP contribution in [-0.4, -0.2) is 28.8 Å². The average molecular weight is 176 g/mol. The number of pyridine rings is 1. The maximum atomic E-state index is 11.0. The summed E-state index contributed by atoms with van der Waals surface area (Å²) < 4.78 is 0. The van der Waals surface area contributed by atoms with Crippen LogP contribution in [0.4, 0.5) is 0 Å². The van der Waals surface area contributed by atoms with E-state index in [-0.39, 0.29) is 0 Å². The van der Waals surface area contributed by atoms with Gasteiger partial charge in [-0.1, -0.05) is 6.07 Å². The van der Waals surface area contributed by atoms with E-state index in [1.807, 2.05) is 18.3 Å². The van der Waals surface area contributed by atoms with E-state index in [9.17, 15) is 4.79 Å². The fourth-order valence-corrected chi connectivity index (χ4v) is 1.58. The Bertz CT molecular complexity index is 297. The zero-order chi connectivity index (χ0) is 9.10. The van der Waals surface area contributed by atoms with Crippen LogP contribution in [-0.2, 0) is 11.3 Å². The summed E-state index contributed by atoms with van der Waals surface area (Å²) in [6.07, 6.45) is 4.32. The number of likely N-dealkylation sites (tertiary alicyclic amines) is 1. The highest BCUT2D eigenvalue weighted by Gasteiger charge is 2.18. The second-order valence-electron chi connectivity index (χ2n) is 3.36. The van der Waals surface area contributed by atoms with Gasteiger partial charge in [0, 0.05) is 31.9 Å². The molecule has 1 aromatic heterocycles. The first-order valence-corrected chi connectivity index (χ1v) is 4.47. The fourth-order valence-electron chi connectivity index (χ4n) is 1.58. The lowest BCUT2D eigenvalue weighted by Gasteiger charge is -2.12. The van der Waals surface area contributed by atoms with Gasteiger partial charge in [-0.3, -0.25) is 14.7 Å². The smallest absolute Gasteiger partial charge is 0.148 e. The highest BCUT2D eigenvalue weighted by Crippen LogP contribution is 2.08. The van der Waals surface area contributed by atoms with Crippen LogP contribution in [0.15, 0.2) is 24.5 Å². The molecule has 0 aromatic carbocycles. The first-order chi connectivity index (χ1) is 6.34. The van der Waals surface area contributed by atoms with Gasteiger partial charge in [0.2, 0.25) is 0 Å². The molecule has 2 heterocycles. The molecule has 1 fully saturated rings. The fraction of sp³-hybridized carbons (Fsp3) is 0.400. The Balaban J connectivity index is 1.96. The second-order valence-corrected chi connectivity index (χ2v) is 3.36. The molecular formula is C10H12N2O. The maximum absolute atomic E-state index is 11.0. The lowest BCUT2D eigenvalue weighted by atomic mass is 10.3. The van der Waals surface area contributed by atoms with Crippen LogP contribution in [0.25, 0.3) is 0 Å². The van der Waals surface area contributed by atoms with Crippen molar-refractivity contribution in [3.05, 3.63) is 30.1 Å². The first kappa shape index (κ1) is 8.38. The van der Waals surface area contributed by atoms with Crippen molar-refractivity contribution in [3.8, 4) is 0 Å². The summed E-state index contributed by atoms with van der Waals surface area (Å²) in [6, 6.07) is 3.96. The van der Waals surface area contributed by atoms with E-state index in [4.69, 9.17) is 0 Å². The molecule has 1 saturated heterocycles. The van der Waals surface area contributed by atoms with Crippen molar-refractivity contribution in [1.82, 2.24) is 9.88 Å². The van der Waals surface area contributed by atoms with Crippen LogP contribution in [0.1, 0.15) is 12.0 Å². The van der Waals surface area contributed by atoms with Crippen molar-refractivity contribution >= 4 is 5.78 Å². The van der Waals surface area contributed by atoms with E-state index >= 15 is 0 Å². The second kappa shape index (κ2) is 3.66. The van der Waals surface area contributed by atoms with Gasteiger partial charge in [-0.2, -0.15) is 0 Å². The average Bonchev–Trinajstić information content (AvgIpc) is 2.53. The molecule has 0 bridgehead atoms. The van der Waals surface area contributed by atoms with Gasteiger partial charge in [-0.15, -0.1) is 0 Å². The number of Topliss-reactive ketones (excluding diaryl/α,β-unsaturated/α-hetero) is 1. The number of carbonyl (C=O) groups is 1. The summed E-state index contributed by atoms with van der Waals surface area (Å²) in [4.78, 5) is 17.2. The zero-order valence-corrected chi connectivity index (χ0v) is 7.44. The van der Waals surface area contributed by atoms with Crippen LogP contribution in [0, 0.1) is 0 Å². The summed E-state index contributed by atoms with van der Waals surface area (Å²) in [7, 11) is 0. The predicted octanol–water partition coefficient (Wildman–Crippen LogP) is 0.856. The van der Waals surface area contributed by atoms with Gasteiger partial charge in [-0.25, -0.2) is 0 Å². The number of rotatable bonds is 2. The van der Waals surface area contributed by atoms with Crippen molar-refractivity contribution in [2.75, 3.05) is 13.1 Å². The van der Waals surface area contributed by atoms with Gasteiger partial charge >= 0.3 is 0 Å². The molecule has 0 N–H and O–H groups in total. The van der Waals surface area contributed by atoms with E-state index in [0.29, 0.717) is 18.7 Å². The monoisotopic (exact) mass is 176 g/mol. The molecule has 13 heavy (non-hydrogen) atoms. The molecule has 0 aliphatic carbocycles. The highest BCUT2D eigenvalue weighted by atomic mass is 16.1. The lowest BCUT2D eigenvalue weighted by molar-refractivity contribution is -0.116. The minimum atomic E-state index is 0.351. The summed E-state index contributed by atoms with van der Waals surface area (Å²) >= 11 is 0. The Morgan fingerprint density at radius 1 is 1.54 bits per heavy atom. The highest BCUT2D eigenvalue weighted by molar-refractivity contribution is 5.82. The molecular weight excluding hydrogens is 164 g/mol. The third-order valence-electron chi connectivity index (χ3n) is 2.24. The Morgan fingerprint density at radius 2 is 2.46 bits per heavy atom. The van der Waals surface area contributed by atoms with Crippen molar-refractivity contribution < 1.29 is 4.79 Å². The molecule has 68 valence electrons. The Labute approximate surface area is 77.4 Å². The molecule has 3 nitrogen and oxygen atoms in total. The van der Waals surface area contributed by atoms with Crippen LogP contribution < -0.4 is 0 Å². The summed E-state index contributed by atoms with van der Waals surface area (Å²) in [5, 5.41) is 0. The topological polar surface area (TPSA) is 33.2 Å². The van der Waals surface area contributed by atoms with Crippen LogP contribution in [0.3, 0.4) is 0 Å². The summed E-state index contributed by atoms with van der Waals surface area (Å²) in [6.45, 7) is 2.35. The van der Waals surface area contributed by atoms with E-state index in [0.717, 1.165) is 13.1 Å². The lowest BCUT2D eigenvalue weighted by Crippen LogP contribution is -2.19. The molecule has 3 heteroatoms.